The molecule has 0 amide bonds. The van der Waals surface area contributed by atoms with E-state index in [1.54, 1.807) is 0 Å². The van der Waals surface area contributed by atoms with Gasteiger partial charge in [0, 0.05) is 49.4 Å². The van der Waals surface area contributed by atoms with E-state index in [1.165, 1.54) is 27.2 Å². The van der Waals surface area contributed by atoms with Crippen LogP contribution in [0.5, 0.6) is 0 Å². The fraction of sp³-hybridized carbons (Fsp3) is 0. The van der Waals surface area contributed by atoms with Gasteiger partial charge in [0.05, 0.1) is 33.3 Å². The van der Waals surface area contributed by atoms with E-state index in [0.29, 0.717) is 0 Å². The lowest BCUT2D eigenvalue weighted by Gasteiger charge is -2.15. The van der Waals surface area contributed by atoms with E-state index in [-0.39, 0.29) is 0 Å². The molecule has 8 aromatic carbocycles. The molecule has 0 atom stereocenters. The van der Waals surface area contributed by atoms with Gasteiger partial charge in [0.2, 0.25) is 0 Å². The highest BCUT2D eigenvalue weighted by Gasteiger charge is 2.20. The van der Waals surface area contributed by atoms with Gasteiger partial charge in [-0.25, -0.2) is 9.97 Å². The Labute approximate surface area is 311 Å². The Morgan fingerprint density at radius 2 is 0.870 bits per heavy atom. The molecule has 0 radical (unpaired) electrons. The highest BCUT2D eigenvalue weighted by Crippen LogP contribution is 2.42. The Hall–Kier alpha value is -7.30. The highest BCUT2D eigenvalue weighted by molar-refractivity contribution is 6.26. The van der Waals surface area contributed by atoms with Gasteiger partial charge in [-0.1, -0.05) is 146 Å². The van der Waals surface area contributed by atoms with E-state index in [4.69, 9.17) is 9.97 Å². The summed E-state index contributed by atoms with van der Waals surface area (Å²) in [4.78, 5) is 10.3. The van der Waals surface area contributed by atoms with Crippen LogP contribution >= 0.6 is 0 Å². The lowest BCUT2D eigenvalue weighted by Crippen LogP contribution is -1.97. The minimum atomic E-state index is 0.936. The number of hydrogen-bond acceptors (Lipinski definition) is 2. The third kappa shape index (κ3) is 4.70. The standard InChI is InChI=1S/C50H32N4/c1-3-13-36(14-4-1)50-52-44-20-10-12-22-46(44)54(50)38-29-27-34(28-30-38)33-23-25-35(26-24-33)48-42-32-31-40-39-17-8-11-21-45(39)53(37-15-5-2-6-16-37)49(40)47(42)41-18-7-9-19-43(41)51-48/h1-32H. The Kier molecular flexibility index (Phi) is 6.82. The van der Waals surface area contributed by atoms with Gasteiger partial charge in [-0.3, -0.25) is 4.57 Å². The number of aromatic nitrogens is 4. The minimum absolute atomic E-state index is 0.936. The molecule has 0 N–H and O–H groups in total. The topological polar surface area (TPSA) is 35.6 Å². The van der Waals surface area contributed by atoms with Crippen molar-refractivity contribution in [1.29, 1.82) is 0 Å². The maximum atomic E-state index is 5.32. The zero-order valence-corrected chi connectivity index (χ0v) is 29.3. The first-order valence-electron chi connectivity index (χ1n) is 18.3. The molecular formula is C50H32N4. The summed E-state index contributed by atoms with van der Waals surface area (Å²) in [6.45, 7) is 0. The van der Waals surface area contributed by atoms with Crippen molar-refractivity contribution in [3.05, 3.63) is 194 Å². The van der Waals surface area contributed by atoms with Crippen LogP contribution < -0.4 is 0 Å². The first kappa shape index (κ1) is 30.3. The number of benzene rings is 8. The van der Waals surface area contributed by atoms with Crippen LogP contribution in [-0.4, -0.2) is 19.1 Å². The van der Waals surface area contributed by atoms with Crippen LogP contribution in [0.4, 0.5) is 0 Å². The smallest absolute Gasteiger partial charge is 0.145 e. The van der Waals surface area contributed by atoms with Crippen molar-refractivity contribution in [3.8, 4) is 45.1 Å². The second-order valence-corrected chi connectivity index (χ2v) is 13.8. The van der Waals surface area contributed by atoms with Crippen LogP contribution in [0.1, 0.15) is 0 Å². The lowest BCUT2D eigenvalue weighted by molar-refractivity contribution is 1.10. The van der Waals surface area contributed by atoms with Crippen LogP contribution in [0.15, 0.2) is 194 Å². The van der Waals surface area contributed by atoms with E-state index in [0.717, 1.165) is 72.5 Å². The van der Waals surface area contributed by atoms with Crippen molar-refractivity contribution >= 4 is 54.5 Å². The molecular weight excluding hydrogens is 657 g/mol. The Morgan fingerprint density at radius 1 is 0.315 bits per heavy atom. The molecule has 0 aliphatic heterocycles. The fourth-order valence-corrected chi connectivity index (χ4v) is 8.25. The van der Waals surface area contributed by atoms with Crippen molar-refractivity contribution in [2.24, 2.45) is 0 Å². The van der Waals surface area contributed by atoms with Gasteiger partial charge in [-0.05, 0) is 59.7 Å². The van der Waals surface area contributed by atoms with Gasteiger partial charge in [0.1, 0.15) is 5.82 Å². The van der Waals surface area contributed by atoms with Crippen molar-refractivity contribution in [2.75, 3.05) is 0 Å². The average Bonchev–Trinajstić information content (AvgIpc) is 3.81. The number of fused-ring (bicyclic) bond motifs is 8. The third-order valence-electron chi connectivity index (χ3n) is 10.7. The predicted molar refractivity (Wildman–Crippen MR) is 225 cm³/mol. The molecule has 252 valence electrons. The number of pyridine rings is 1. The average molecular weight is 689 g/mol. The van der Waals surface area contributed by atoms with E-state index < -0.39 is 0 Å². The zero-order chi connectivity index (χ0) is 35.6. The van der Waals surface area contributed by atoms with Crippen LogP contribution in [0.2, 0.25) is 0 Å². The summed E-state index contributed by atoms with van der Waals surface area (Å²) < 4.78 is 4.67. The summed E-state index contributed by atoms with van der Waals surface area (Å²) >= 11 is 0. The molecule has 11 rings (SSSR count). The van der Waals surface area contributed by atoms with E-state index in [2.05, 4.69) is 191 Å². The molecule has 0 unspecified atom stereocenters. The van der Waals surface area contributed by atoms with E-state index in [1.807, 2.05) is 12.1 Å². The van der Waals surface area contributed by atoms with Gasteiger partial charge < -0.3 is 4.57 Å². The van der Waals surface area contributed by atoms with E-state index in [9.17, 15) is 0 Å². The number of imidazole rings is 1. The van der Waals surface area contributed by atoms with Gasteiger partial charge in [0.25, 0.3) is 0 Å². The van der Waals surface area contributed by atoms with Crippen LogP contribution in [-0.2, 0) is 0 Å². The first-order chi connectivity index (χ1) is 26.8. The van der Waals surface area contributed by atoms with Crippen LogP contribution in [0.25, 0.3) is 99.7 Å². The zero-order valence-electron chi connectivity index (χ0n) is 29.3. The fourth-order valence-electron chi connectivity index (χ4n) is 8.25. The van der Waals surface area contributed by atoms with E-state index >= 15 is 0 Å². The normalized spacial score (nSPS) is 11.7. The molecule has 0 bridgehead atoms. The Bertz CT molecular complexity index is 3170. The predicted octanol–water partition coefficient (Wildman–Crippen LogP) is 12.8. The summed E-state index contributed by atoms with van der Waals surface area (Å²) in [7, 11) is 0. The summed E-state index contributed by atoms with van der Waals surface area (Å²) in [6, 6.07) is 68.9. The Morgan fingerprint density at radius 3 is 1.63 bits per heavy atom. The summed E-state index contributed by atoms with van der Waals surface area (Å²) in [5, 5.41) is 5.99. The molecule has 0 saturated heterocycles. The second-order valence-electron chi connectivity index (χ2n) is 13.8. The number of hydrogen-bond donors (Lipinski definition) is 0. The molecule has 0 aliphatic rings. The highest BCUT2D eigenvalue weighted by atomic mass is 15.1. The first-order valence-corrected chi connectivity index (χ1v) is 18.3. The quantitative estimate of drug-likeness (QED) is 0.169. The molecule has 3 aromatic heterocycles. The second kappa shape index (κ2) is 12.1. The molecule has 0 spiro atoms. The lowest BCUT2D eigenvalue weighted by atomic mass is 9.96. The molecule has 0 aliphatic carbocycles. The largest absolute Gasteiger partial charge is 0.309 e. The van der Waals surface area contributed by atoms with Crippen molar-refractivity contribution in [3.63, 3.8) is 0 Å². The summed E-state index contributed by atoms with van der Waals surface area (Å²) in [5.41, 5.74) is 13.1. The maximum absolute atomic E-state index is 5.32. The van der Waals surface area contributed by atoms with Crippen molar-refractivity contribution < 1.29 is 0 Å². The molecule has 0 saturated carbocycles. The summed E-state index contributed by atoms with van der Waals surface area (Å²) in [6.07, 6.45) is 0. The Balaban J connectivity index is 1.04. The monoisotopic (exact) mass is 688 g/mol. The number of rotatable bonds is 5. The molecule has 3 heterocycles. The number of nitrogens with zero attached hydrogens (tertiary/aromatic N) is 4. The van der Waals surface area contributed by atoms with Gasteiger partial charge in [-0.2, -0.15) is 0 Å². The minimum Gasteiger partial charge on any atom is -0.309 e. The molecule has 4 heteroatoms. The van der Waals surface area contributed by atoms with Crippen LogP contribution in [0.3, 0.4) is 0 Å². The van der Waals surface area contributed by atoms with Gasteiger partial charge >= 0.3 is 0 Å². The maximum Gasteiger partial charge on any atom is 0.145 e. The molecule has 54 heavy (non-hydrogen) atoms. The van der Waals surface area contributed by atoms with Crippen LogP contribution in [0, 0.1) is 0 Å². The van der Waals surface area contributed by atoms with Gasteiger partial charge in [0.15, 0.2) is 0 Å². The summed E-state index contributed by atoms with van der Waals surface area (Å²) in [5.74, 6) is 0.936. The van der Waals surface area contributed by atoms with Gasteiger partial charge in [-0.15, -0.1) is 0 Å². The van der Waals surface area contributed by atoms with Crippen molar-refractivity contribution in [1.82, 2.24) is 19.1 Å². The number of para-hydroxylation sites is 5. The molecule has 4 nitrogen and oxygen atoms in total. The third-order valence-corrected chi connectivity index (χ3v) is 10.7. The molecule has 0 fully saturated rings. The SMILES string of the molecule is c1ccc(-c2nc3ccccc3n2-c2ccc(-c3ccc(-c4nc5ccccc5c5c4ccc4c6ccccc6n(-c6ccccc6)c45)cc3)cc2)cc1. The van der Waals surface area contributed by atoms with Crippen molar-refractivity contribution in [2.45, 2.75) is 0 Å². The molecule has 11 aromatic rings.